The normalized spacial score (nSPS) is 10.5. The summed E-state index contributed by atoms with van der Waals surface area (Å²) in [6.45, 7) is 5.18. The zero-order valence-electron chi connectivity index (χ0n) is 10.9. The van der Waals surface area contributed by atoms with Crippen molar-refractivity contribution in [2.24, 2.45) is 0 Å². The Balaban J connectivity index is 2.79. The number of methoxy groups -OCH3 is 2. The van der Waals surface area contributed by atoms with Gasteiger partial charge in [0.1, 0.15) is 0 Å². The van der Waals surface area contributed by atoms with Crippen LogP contribution >= 0.6 is 0 Å². The van der Waals surface area contributed by atoms with E-state index in [1.807, 2.05) is 12.1 Å². The Bertz CT molecular complexity index is 334. The van der Waals surface area contributed by atoms with Gasteiger partial charge < -0.3 is 20.1 Å². The molecule has 1 aromatic carbocycles. The molecule has 0 fully saturated rings. The van der Waals surface area contributed by atoms with Crippen LogP contribution in [0.2, 0.25) is 0 Å². The molecule has 2 N–H and O–H groups in total. The summed E-state index contributed by atoms with van der Waals surface area (Å²) in [5, 5.41) is 0. The van der Waals surface area contributed by atoms with Gasteiger partial charge in [0, 0.05) is 38.7 Å². The Labute approximate surface area is 103 Å². The third kappa shape index (κ3) is 4.24. The molecule has 4 heteroatoms. The fourth-order valence-corrected chi connectivity index (χ4v) is 1.79. The number of anilines is 2. The first-order valence-electron chi connectivity index (χ1n) is 5.78. The Morgan fingerprint density at radius 2 is 1.71 bits per heavy atom. The molecule has 0 unspecified atom stereocenters. The lowest BCUT2D eigenvalue weighted by molar-refractivity contribution is 0.190. The lowest BCUT2D eigenvalue weighted by Gasteiger charge is -2.26. The van der Waals surface area contributed by atoms with Crippen LogP contribution in [0.25, 0.3) is 0 Å². The average molecular weight is 238 g/mol. The highest BCUT2D eigenvalue weighted by atomic mass is 16.5. The van der Waals surface area contributed by atoms with E-state index in [1.165, 1.54) is 11.3 Å². The first-order chi connectivity index (χ1) is 8.19. The molecule has 0 heterocycles. The van der Waals surface area contributed by atoms with Crippen LogP contribution in [0.3, 0.4) is 0 Å². The molecule has 0 spiro atoms. The molecule has 0 saturated heterocycles. The van der Waals surface area contributed by atoms with E-state index in [0.29, 0.717) is 13.2 Å². The van der Waals surface area contributed by atoms with Gasteiger partial charge in [-0.25, -0.2) is 0 Å². The Morgan fingerprint density at radius 3 is 2.18 bits per heavy atom. The van der Waals surface area contributed by atoms with Gasteiger partial charge in [-0.1, -0.05) is 0 Å². The van der Waals surface area contributed by atoms with Crippen LogP contribution in [0, 0.1) is 6.92 Å². The first kappa shape index (κ1) is 13.8. The summed E-state index contributed by atoms with van der Waals surface area (Å²) in [5.41, 5.74) is 8.92. The summed E-state index contributed by atoms with van der Waals surface area (Å²) < 4.78 is 10.3. The monoisotopic (exact) mass is 238 g/mol. The van der Waals surface area contributed by atoms with Crippen molar-refractivity contribution >= 4 is 11.4 Å². The lowest BCUT2D eigenvalue weighted by Crippen LogP contribution is -2.31. The zero-order valence-corrected chi connectivity index (χ0v) is 10.9. The number of nitrogen functional groups attached to an aromatic ring is 1. The van der Waals surface area contributed by atoms with Crippen molar-refractivity contribution in [2.45, 2.75) is 6.92 Å². The first-order valence-corrected chi connectivity index (χ1v) is 5.78. The van der Waals surface area contributed by atoms with Gasteiger partial charge in [-0.3, -0.25) is 0 Å². The minimum atomic E-state index is 0.702. The van der Waals surface area contributed by atoms with E-state index in [2.05, 4.69) is 17.9 Å². The van der Waals surface area contributed by atoms with Gasteiger partial charge in [0.25, 0.3) is 0 Å². The molecule has 4 nitrogen and oxygen atoms in total. The molecule has 1 rings (SSSR count). The number of hydrogen-bond acceptors (Lipinski definition) is 4. The van der Waals surface area contributed by atoms with Crippen LogP contribution in [0.4, 0.5) is 11.4 Å². The second kappa shape index (κ2) is 7.14. The van der Waals surface area contributed by atoms with E-state index in [0.717, 1.165) is 18.8 Å². The van der Waals surface area contributed by atoms with E-state index >= 15 is 0 Å². The quantitative estimate of drug-likeness (QED) is 0.734. The molecule has 96 valence electrons. The Kier molecular flexibility index (Phi) is 5.80. The number of aryl methyl sites for hydroxylation is 1. The summed E-state index contributed by atoms with van der Waals surface area (Å²) in [6, 6.07) is 5.97. The average Bonchev–Trinajstić information content (AvgIpc) is 2.30. The van der Waals surface area contributed by atoms with Crippen LogP contribution in [-0.4, -0.2) is 40.5 Å². The number of nitrogens with zero attached hydrogens (tertiary/aromatic N) is 1. The number of rotatable bonds is 7. The van der Waals surface area contributed by atoms with E-state index in [-0.39, 0.29) is 0 Å². The van der Waals surface area contributed by atoms with Crippen LogP contribution in [0.15, 0.2) is 18.2 Å². The second-order valence-corrected chi connectivity index (χ2v) is 4.02. The summed E-state index contributed by atoms with van der Waals surface area (Å²) in [4.78, 5) is 2.25. The summed E-state index contributed by atoms with van der Waals surface area (Å²) in [7, 11) is 3.43. The third-order valence-corrected chi connectivity index (χ3v) is 2.69. The molecule has 0 bridgehead atoms. The van der Waals surface area contributed by atoms with Gasteiger partial charge >= 0.3 is 0 Å². The van der Waals surface area contributed by atoms with Crippen molar-refractivity contribution in [2.75, 3.05) is 51.2 Å². The smallest absolute Gasteiger partial charge is 0.0637 e. The largest absolute Gasteiger partial charge is 0.399 e. The van der Waals surface area contributed by atoms with Crippen LogP contribution in [-0.2, 0) is 9.47 Å². The molecule has 0 aliphatic carbocycles. The topological polar surface area (TPSA) is 47.7 Å². The van der Waals surface area contributed by atoms with E-state index in [4.69, 9.17) is 15.2 Å². The summed E-state index contributed by atoms with van der Waals surface area (Å²) in [5.74, 6) is 0. The van der Waals surface area contributed by atoms with Crippen molar-refractivity contribution in [3.63, 3.8) is 0 Å². The van der Waals surface area contributed by atoms with E-state index in [1.54, 1.807) is 14.2 Å². The van der Waals surface area contributed by atoms with Gasteiger partial charge in [-0.15, -0.1) is 0 Å². The minimum absolute atomic E-state index is 0.702. The highest BCUT2D eigenvalue weighted by molar-refractivity contribution is 5.59. The SMILES string of the molecule is COCCN(CCOC)c1ccc(N)cc1C. The molecule has 0 atom stereocenters. The van der Waals surface area contributed by atoms with Crippen LogP contribution in [0.5, 0.6) is 0 Å². The number of hydrogen-bond donors (Lipinski definition) is 1. The molecular formula is C13H22N2O2. The molecule has 17 heavy (non-hydrogen) atoms. The molecule has 0 radical (unpaired) electrons. The zero-order chi connectivity index (χ0) is 12.7. The van der Waals surface area contributed by atoms with Crippen molar-refractivity contribution in [1.82, 2.24) is 0 Å². The predicted octanol–water partition coefficient (Wildman–Crippen LogP) is 1.68. The standard InChI is InChI=1S/C13H22N2O2/c1-11-10-12(14)4-5-13(11)15(6-8-16-2)7-9-17-3/h4-5,10H,6-9,14H2,1-3H3. The fourth-order valence-electron chi connectivity index (χ4n) is 1.79. The van der Waals surface area contributed by atoms with Crippen LogP contribution < -0.4 is 10.6 Å². The Hall–Kier alpha value is -1.26. The van der Waals surface area contributed by atoms with Crippen molar-refractivity contribution < 1.29 is 9.47 Å². The van der Waals surface area contributed by atoms with Crippen LogP contribution in [0.1, 0.15) is 5.56 Å². The van der Waals surface area contributed by atoms with Crippen molar-refractivity contribution in [3.05, 3.63) is 23.8 Å². The maximum absolute atomic E-state index is 5.76. The minimum Gasteiger partial charge on any atom is -0.399 e. The molecular weight excluding hydrogens is 216 g/mol. The maximum atomic E-state index is 5.76. The number of benzene rings is 1. The molecule has 1 aromatic rings. The highest BCUT2D eigenvalue weighted by Crippen LogP contribution is 2.22. The van der Waals surface area contributed by atoms with Crippen molar-refractivity contribution in [1.29, 1.82) is 0 Å². The van der Waals surface area contributed by atoms with Gasteiger partial charge in [-0.05, 0) is 30.7 Å². The maximum Gasteiger partial charge on any atom is 0.0637 e. The van der Waals surface area contributed by atoms with E-state index in [9.17, 15) is 0 Å². The fraction of sp³-hybridized carbons (Fsp3) is 0.538. The molecule has 0 saturated carbocycles. The molecule has 0 amide bonds. The Morgan fingerprint density at radius 1 is 1.12 bits per heavy atom. The third-order valence-electron chi connectivity index (χ3n) is 2.69. The predicted molar refractivity (Wildman–Crippen MR) is 71.6 cm³/mol. The highest BCUT2D eigenvalue weighted by Gasteiger charge is 2.08. The van der Waals surface area contributed by atoms with Gasteiger partial charge in [0.2, 0.25) is 0 Å². The van der Waals surface area contributed by atoms with Gasteiger partial charge in [-0.2, -0.15) is 0 Å². The molecule has 0 aliphatic rings. The molecule has 0 aromatic heterocycles. The number of ether oxygens (including phenoxy) is 2. The molecule has 0 aliphatic heterocycles. The number of nitrogens with two attached hydrogens (primary N) is 1. The second-order valence-electron chi connectivity index (χ2n) is 4.02. The van der Waals surface area contributed by atoms with Gasteiger partial charge in [0.05, 0.1) is 13.2 Å². The summed E-state index contributed by atoms with van der Waals surface area (Å²) in [6.07, 6.45) is 0. The van der Waals surface area contributed by atoms with E-state index < -0.39 is 0 Å². The lowest BCUT2D eigenvalue weighted by atomic mass is 10.1. The van der Waals surface area contributed by atoms with Gasteiger partial charge in [0.15, 0.2) is 0 Å². The van der Waals surface area contributed by atoms with Crippen molar-refractivity contribution in [3.8, 4) is 0 Å². The summed E-state index contributed by atoms with van der Waals surface area (Å²) >= 11 is 0.